The van der Waals surface area contributed by atoms with E-state index >= 15 is 0 Å². The van der Waals surface area contributed by atoms with Crippen LogP contribution in [0.25, 0.3) is 0 Å². The van der Waals surface area contributed by atoms with Crippen LogP contribution in [-0.4, -0.2) is 54.0 Å². The molecule has 1 saturated heterocycles. The lowest BCUT2D eigenvalue weighted by atomic mass is 9.71. The van der Waals surface area contributed by atoms with Gasteiger partial charge in [0.1, 0.15) is 0 Å². The molecule has 0 unspecified atom stereocenters. The average Bonchev–Trinajstić information content (AvgIpc) is 3.11. The second kappa shape index (κ2) is 11.0. The summed E-state index contributed by atoms with van der Waals surface area (Å²) in [4.78, 5) is 42.3. The van der Waals surface area contributed by atoms with Crippen molar-refractivity contribution in [2.24, 2.45) is 0 Å². The number of nitrogens with zero attached hydrogens (tertiary/aromatic N) is 2. The summed E-state index contributed by atoms with van der Waals surface area (Å²) in [5.41, 5.74) is 2.99. The monoisotopic (exact) mass is 479 g/mol. The number of amides is 2. The van der Waals surface area contributed by atoms with Crippen molar-refractivity contribution >= 4 is 17.8 Å². The number of hydrogen-bond donors (Lipinski definition) is 1. The number of carbonyl (C=O) groups is 3. The first kappa shape index (κ1) is 24.9. The van der Waals surface area contributed by atoms with E-state index < -0.39 is 0 Å². The zero-order valence-electron chi connectivity index (χ0n) is 20.4. The minimum Gasteiger partial charge on any atom is -0.469 e. The largest absolute Gasteiger partial charge is 0.469 e. The molecule has 186 valence electrons. The molecule has 1 aromatic heterocycles. The number of hydrogen-bond acceptors (Lipinski definition) is 6. The van der Waals surface area contributed by atoms with Gasteiger partial charge in [0.2, 0.25) is 11.8 Å². The minimum atomic E-state index is -0.306. The third-order valence-corrected chi connectivity index (χ3v) is 7.22. The average molecular weight is 480 g/mol. The normalized spacial score (nSPS) is 20.3. The van der Waals surface area contributed by atoms with Crippen LogP contribution in [0.2, 0.25) is 0 Å². The number of methoxy groups -OCH3 is 1. The van der Waals surface area contributed by atoms with Gasteiger partial charge in [-0.2, -0.15) is 0 Å². The van der Waals surface area contributed by atoms with Crippen LogP contribution in [0.3, 0.4) is 0 Å². The van der Waals surface area contributed by atoms with Gasteiger partial charge in [-0.15, -0.1) is 0 Å². The highest BCUT2D eigenvalue weighted by Gasteiger charge is 2.54. The number of nitrogens with one attached hydrogen (secondary N) is 1. The fourth-order valence-electron chi connectivity index (χ4n) is 5.50. The summed E-state index contributed by atoms with van der Waals surface area (Å²) >= 11 is 0. The topological polar surface area (TPSA) is 97.8 Å². The van der Waals surface area contributed by atoms with Crippen LogP contribution >= 0.6 is 0 Å². The number of rotatable bonds is 8. The maximum Gasteiger partial charge on any atom is 0.305 e. The molecule has 1 spiro atoms. The summed E-state index contributed by atoms with van der Waals surface area (Å²) in [5.74, 6) is -0.337. The lowest BCUT2D eigenvalue weighted by Crippen LogP contribution is -2.51. The van der Waals surface area contributed by atoms with Crippen molar-refractivity contribution in [2.45, 2.75) is 63.2 Å². The lowest BCUT2D eigenvalue weighted by molar-refractivity contribution is -0.141. The van der Waals surface area contributed by atoms with Crippen molar-refractivity contribution in [1.29, 1.82) is 0 Å². The Balaban J connectivity index is 1.53. The quantitative estimate of drug-likeness (QED) is 0.585. The molecule has 1 fully saturated rings. The van der Waals surface area contributed by atoms with Crippen LogP contribution in [0.5, 0.6) is 0 Å². The van der Waals surface area contributed by atoms with Gasteiger partial charge in [0.05, 0.1) is 25.9 Å². The molecule has 8 nitrogen and oxygen atoms in total. The molecule has 0 radical (unpaired) electrons. The number of fused-ring (bicyclic) bond motifs is 2. The smallest absolute Gasteiger partial charge is 0.305 e. The predicted molar refractivity (Wildman–Crippen MR) is 129 cm³/mol. The van der Waals surface area contributed by atoms with Crippen LogP contribution in [0.4, 0.5) is 0 Å². The number of aromatic nitrogens is 1. The van der Waals surface area contributed by atoms with E-state index in [4.69, 9.17) is 4.74 Å². The van der Waals surface area contributed by atoms with Crippen LogP contribution < -0.4 is 5.32 Å². The molecule has 2 heterocycles. The number of benzene rings is 1. The number of pyridine rings is 1. The Labute approximate surface area is 206 Å². The maximum atomic E-state index is 12.8. The Morgan fingerprint density at radius 2 is 1.80 bits per heavy atom. The maximum absolute atomic E-state index is 12.8. The first-order valence-electron chi connectivity index (χ1n) is 12.2. The van der Waals surface area contributed by atoms with Gasteiger partial charge in [0.25, 0.3) is 0 Å². The second-order valence-electron chi connectivity index (χ2n) is 9.32. The fraction of sp³-hybridized carbons (Fsp3) is 0.481. The van der Waals surface area contributed by atoms with Gasteiger partial charge in [0.15, 0.2) is 0 Å². The second-order valence-corrected chi connectivity index (χ2v) is 9.32. The molecule has 1 aliphatic carbocycles. The van der Waals surface area contributed by atoms with E-state index in [-0.39, 0.29) is 41.8 Å². The van der Waals surface area contributed by atoms with E-state index in [1.54, 1.807) is 12.4 Å². The first-order chi connectivity index (χ1) is 16.9. The Kier molecular flexibility index (Phi) is 7.80. The predicted octanol–water partition coefficient (Wildman–Crippen LogP) is 3.06. The zero-order valence-corrected chi connectivity index (χ0v) is 20.4. The van der Waals surface area contributed by atoms with Crippen molar-refractivity contribution in [3.8, 4) is 0 Å². The molecule has 1 aliphatic heterocycles. The highest BCUT2D eigenvalue weighted by Crippen LogP contribution is 2.52. The third kappa shape index (κ3) is 5.37. The number of piperidine rings is 1. The molecule has 1 N–H and O–H groups in total. The lowest BCUT2D eigenvalue weighted by Gasteiger charge is -2.44. The van der Waals surface area contributed by atoms with E-state index in [0.717, 1.165) is 24.0 Å². The number of carbonyl (C=O) groups excluding carboxylic acids is 3. The van der Waals surface area contributed by atoms with Gasteiger partial charge in [-0.05, 0) is 48.1 Å². The summed E-state index contributed by atoms with van der Waals surface area (Å²) in [6.07, 6.45) is 5.77. The highest BCUT2D eigenvalue weighted by molar-refractivity contribution is 5.77. The Hall–Kier alpha value is -3.26. The molecule has 2 aliphatic rings. The van der Waals surface area contributed by atoms with Crippen molar-refractivity contribution in [2.75, 3.05) is 20.2 Å². The molecule has 2 amide bonds. The van der Waals surface area contributed by atoms with Gasteiger partial charge in [-0.1, -0.05) is 24.3 Å². The standard InChI is InChI=1S/C27H33N3O5/c1-19(31)29-25-21-6-3-4-7-22(21)27(26(25)35-18-20-10-14-28-15-11-20)12-16-30(17-13-27)23(32)8-5-9-24(33)34-2/h3-4,6-7,10-11,14-15,25-26H,5,8-9,12-13,16-18H2,1-2H3,(H,29,31)/t25-,26+/m1/s1. The van der Waals surface area contributed by atoms with E-state index in [1.165, 1.54) is 19.6 Å². The minimum absolute atomic E-state index is 0.0581. The van der Waals surface area contributed by atoms with Crippen LogP contribution in [0.15, 0.2) is 48.8 Å². The number of esters is 1. The molecule has 0 bridgehead atoms. The molecule has 8 heteroatoms. The van der Waals surface area contributed by atoms with Crippen molar-refractivity contribution in [3.05, 3.63) is 65.5 Å². The van der Waals surface area contributed by atoms with Crippen molar-refractivity contribution in [1.82, 2.24) is 15.2 Å². The van der Waals surface area contributed by atoms with Crippen molar-refractivity contribution < 1.29 is 23.9 Å². The molecule has 2 atom stereocenters. The van der Waals surface area contributed by atoms with E-state index in [0.29, 0.717) is 32.5 Å². The Morgan fingerprint density at radius 1 is 1.09 bits per heavy atom. The molecular weight excluding hydrogens is 446 g/mol. The summed E-state index contributed by atoms with van der Waals surface area (Å²) in [6.45, 7) is 3.15. The Morgan fingerprint density at radius 3 is 2.49 bits per heavy atom. The van der Waals surface area contributed by atoms with Gasteiger partial charge in [0, 0.05) is 50.7 Å². The van der Waals surface area contributed by atoms with E-state index in [1.807, 2.05) is 29.2 Å². The van der Waals surface area contributed by atoms with E-state index in [9.17, 15) is 14.4 Å². The molecule has 0 saturated carbocycles. The van der Waals surface area contributed by atoms with Crippen LogP contribution in [-0.2, 0) is 35.9 Å². The summed E-state index contributed by atoms with van der Waals surface area (Å²) in [7, 11) is 1.36. The SMILES string of the molecule is COC(=O)CCCC(=O)N1CCC2(CC1)c1ccccc1[C@@H](NC(C)=O)[C@@H]2OCc1ccncc1. The molecule has 2 aromatic rings. The zero-order chi connectivity index (χ0) is 24.8. The number of likely N-dealkylation sites (tertiary alicyclic amines) is 1. The van der Waals surface area contributed by atoms with E-state index in [2.05, 4.69) is 27.2 Å². The fourth-order valence-corrected chi connectivity index (χ4v) is 5.50. The highest BCUT2D eigenvalue weighted by atomic mass is 16.5. The van der Waals surface area contributed by atoms with Gasteiger partial charge in [-0.3, -0.25) is 19.4 Å². The molecule has 4 rings (SSSR count). The Bertz CT molecular complexity index is 1050. The van der Waals surface area contributed by atoms with Crippen molar-refractivity contribution in [3.63, 3.8) is 0 Å². The number of ether oxygens (including phenoxy) is 2. The van der Waals surface area contributed by atoms with Gasteiger partial charge < -0.3 is 19.7 Å². The first-order valence-corrected chi connectivity index (χ1v) is 12.2. The molecule has 35 heavy (non-hydrogen) atoms. The van der Waals surface area contributed by atoms with Crippen LogP contribution in [0, 0.1) is 0 Å². The third-order valence-electron chi connectivity index (χ3n) is 7.22. The van der Waals surface area contributed by atoms with Crippen LogP contribution in [0.1, 0.15) is 61.8 Å². The summed E-state index contributed by atoms with van der Waals surface area (Å²) in [5, 5.41) is 3.13. The molecule has 1 aromatic carbocycles. The van der Waals surface area contributed by atoms with Gasteiger partial charge >= 0.3 is 5.97 Å². The van der Waals surface area contributed by atoms with Gasteiger partial charge in [-0.25, -0.2) is 0 Å². The molecular formula is C27H33N3O5. The summed E-state index contributed by atoms with van der Waals surface area (Å²) in [6, 6.07) is 11.8. The summed E-state index contributed by atoms with van der Waals surface area (Å²) < 4.78 is 11.2.